The first-order valence-electron chi connectivity index (χ1n) is 10.4. The maximum Gasteiger partial charge on any atom is 0.237 e. The molecule has 0 aliphatic carbocycles. The van der Waals surface area contributed by atoms with Crippen LogP contribution in [-0.4, -0.2) is 55.5 Å². The fourth-order valence-corrected chi connectivity index (χ4v) is 4.01. The Labute approximate surface area is 178 Å². The summed E-state index contributed by atoms with van der Waals surface area (Å²) in [4.78, 5) is 13.8. The number of hydrogen-bond donors (Lipinski definition) is 2. The highest BCUT2D eigenvalue weighted by Crippen LogP contribution is 2.31. The van der Waals surface area contributed by atoms with Gasteiger partial charge in [0.1, 0.15) is 6.61 Å². The van der Waals surface area contributed by atoms with Crippen molar-refractivity contribution in [1.29, 1.82) is 0 Å². The van der Waals surface area contributed by atoms with E-state index in [0.717, 1.165) is 60.9 Å². The van der Waals surface area contributed by atoms with Gasteiger partial charge in [-0.25, -0.2) is 15.0 Å². The molecule has 31 heavy (non-hydrogen) atoms. The summed E-state index contributed by atoms with van der Waals surface area (Å²) in [5.41, 5.74) is 4.18. The van der Waals surface area contributed by atoms with Gasteiger partial charge in [-0.3, -0.25) is 4.68 Å². The second-order valence-electron chi connectivity index (χ2n) is 7.66. The smallest absolute Gasteiger partial charge is 0.237 e. The van der Waals surface area contributed by atoms with Gasteiger partial charge in [-0.15, -0.1) is 0 Å². The lowest BCUT2D eigenvalue weighted by Crippen LogP contribution is -2.19. The van der Waals surface area contributed by atoms with Crippen LogP contribution in [0.1, 0.15) is 18.9 Å². The molecule has 0 amide bonds. The lowest BCUT2D eigenvalue weighted by molar-refractivity contribution is 0.0662. The molecular weight excluding hydrogens is 396 g/mol. The number of fused-ring (bicyclic) bond motifs is 2. The van der Waals surface area contributed by atoms with E-state index in [1.54, 1.807) is 12.4 Å². The molecule has 1 fully saturated rings. The van der Waals surface area contributed by atoms with Crippen LogP contribution in [0.25, 0.3) is 16.9 Å². The summed E-state index contributed by atoms with van der Waals surface area (Å²) in [6.07, 6.45) is 13.2. The van der Waals surface area contributed by atoms with Crippen LogP contribution < -0.4 is 15.4 Å². The number of nitrogens with one attached hydrogen (secondary N) is 2. The van der Waals surface area contributed by atoms with Crippen LogP contribution in [0.4, 0.5) is 17.2 Å². The Morgan fingerprint density at radius 1 is 1.10 bits per heavy atom. The SMILES string of the molecule is c1cn2cc(-c3cnc4c(c3)NCCO4)nc(Nc3cnn(C4CCOCC4)c3)c2n1. The Morgan fingerprint density at radius 3 is 2.97 bits per heavy atom. The highest BCUT2D eigenvalue weighted by Gasteiger charge is 2.18. The van der Waals surface area contributed by atoms with Gasteiger partial charge in [0.2, 0.25) is 5.88 Å². The van der Waals surface area contributed by atoms with Gasteiger partial charge in [-0.2, -0.15) is 5.10 Å². The summed E-state index contributed by atoms with van der Waals surface area (Å²) in [6, 6.07) is 2.38. The standard InChI is InChI=1S/C21H22N8O2/c1-6-30-7-2-16(1)29-12-15(11-25-29)26-19-20-23-3-5-28(20)13-18(27-19)14-9-17-21(24-10-14)31-8-4-22-17/h3,5,9-13,16,22H,1-2,4,6-8H2,(H,26,27). The van der Waals surface area contributed by atoms with E-state index in [-0.39, 0.29) is 0 Å². The van der Waals surface area contributed by atoms with Crippen molar-refractivity contribution >= 4 is 22.8 Å². The minimum absolute atomic E-state index is 0.367. The maximum atomic E-state index is 5.59. The summed E-state index contributed by atoms with van der Waals surface area (Å²) in [6.45, 7) is 2.94. The average Bonchev–Trinajstić information content (AvgIpc) is 3.49. The van der Waals surface area contributed by atoms with Gasteiger partial charge < -0.3 is 24.5 Å². The van der Waals surface area contributed by atoms with Gasteiger partial charge in [0.15, 0.2) is 11.5 Å². The minimum atomic E-state index is 0.367. The van der Waals surface area contributed by atoms with Gasteiger partial charge in [0.25, 0.3) is 0 Å². The normalized spacial score (nSPS) is 16.5. The van der Waals surface area contributed by atoms with Crippen LogP contribution in [0.5, 0.6) is 5.88 Å². The van der Waals surface area contributed by atoms with Crippen molar-refractivity contribution < 1.29 is 9.47 Å². The molecule has 0 saturated carbocycles. The first-order valence-corrected chi connectivity index (χ1v) is 10.4. The minimum Gasteiger partial charge on any atom is -0.474 e. The van der Waals surface area contributed by atoms with E-state index in [1.165, 1.54) is 0 Å². The number of anilines is 3. The summed E-state index contributed by atoms with van der Waals surface area (Å²) in [5, 5.41) is 11.3. The number of pyridine rings is 1. The summed E-state index contributed by atoms with van der Waals surface area (Å²) >= 11 is 0. The molecule has 4 aromatic heterocycles. The fourth-order valence-electron chi connectivity index (χ4n) is 4.01. The van der Waals surface area contributed by atoms with Gasteiger partial charge >= 0.3 is 0 Å². The molecule has 1 saturated heterocycles. The van der Waals surface area contributed by atoms with E-state index in [0.29, 0.717) is 24.3 Å². The van der Waals surface area contributed by atoms with Gasteiger partial charge in [0, 0.05) is 56.3 Å². The second kappa shape index (κ2) is 7.55. The maximum absolute atomic E-state index is 5.59. The van der Waals surface area contributed by atoms with Crippen LogP contribution in [0.3, 0.4) is 0 Å². The molecule has 4 aromatic rings. The van der Waals surface area contributed by atoms with Crippen molar-refractivity contribution in [3.63, 3.8) is 0 Å². The third-order valence-corrected chi connectivity index (χ3v) is 5.61. The fraction of sp³-hybridized carbons (Fsp3) is 0.333. The Balaban J connectivity index is 1.33. The van der Waals surface area contributed by atoms with Gasteiger partial charge in [-0.1, -0.05) is 0 Å². The first-order chi connectivity index (χ1) is 15.3. The number of nitrogens with zero attached hydrogens (tertiary/aromatic N) is 6. The Kier molecular flexibility index (Phi) is 4.42. The zero-order valence-corrected chi connectivity index (χ0v) is 16.9. The van der Waals surface area contributed by atoms with E-state index >= 15 is 0 Å². The third-order valence-electron chi connectivity index (χ3n) is 5.61. The van der Waals surface area contributed by atoms with E-state index < -0.39 is 0 Å². The molecule has 0 spiro atoms. The van der Waals surface area contributed by atoms with Crippen molar-refractivity contribution in [2.75, 3.05) is 37.0 Å². The zero-order chi connectivity index (χ0) is 20.6. The average molecular weight is 418 g/mol. The number of imidazole rings is 1. The molecular formula is C21H22N8O2. The quantitative estimate of drug-likeness (QED) is 0.521. The van der Waals surface area contributed by atoms with E-state index in [1.807, 2.05) is 39.9 Å². The summed E-state index contributed by atoms with van der Waals surface area (Å²) in [7, 11) is 0. The topological polar surface area (TPSA) is 103 Å². The molecule has 6 heterocycles. The largest absolute Gasteiger partial charge is 0.474 e. The third kappa shape index (κ3) is 3.44. The van der Waals surface area contributed by atoms with Crippen LogP contribution in [0.15, 0.2) is 43.2 Å². The summed E-state index contributed by atoms with van der Waals surface area (Å²) < 4.78 is 15.0. The van der Waals surface area contributed by atoms with Gasteiger partial charge in [0.05, 0.1) is 29.3 Å². The predicted octanol–water partition coefficient (Wildman–Crippen LogP) is 2.89. The Bertz CT molecular complexity index is 1230. The molecule has 0 unspecified atom stereocenters. The van der Waals surface area contributed by atoms with Crippen molar-refractivity contribution in [3.8, 4) is 17.1 Å². The van der Waals surface area contributed by atoms with Gasteiger partial charge in [-0.05, 0) is 18.9 Å². The van der Waals surface area contributed by atoms with Crippen LogP contribution in [0.2, 0.25) is 0 Å². The number of hydrogen-bond acceptors (Lipinski definition) is 8. The van der Waals surface area contributed by atoms with Crippen LogP contribution in [-0.2, 0) is 4.74 Å². The molecule has 2 N–H and O–H groups in total. The number of aromatic nitrogens is 6. The Morgan fingerprint density at radius 2 is 2.03 bits per heavy atom. The molecule has 0 bridgehead atoms. The van der Waals surface area contributed by atoms with E-state index in [9.17, 15) is 0 Å². The monoisotopic (exact) mass is 418 g/mol. The van der Waals surface area contributed by atoms with Crippen LogP contribution in [0, 0.1) is 0 Å². The van der Waals surface area contributed by atoms with E-state index in [4.69, 9.17) is 14.5 Å². The lowest BCUT2D eigenvalue weighted by atomic mass is 10.1. The highest BCUT2D eigenvalue weighted by atomic mass is 16.5. The van der Waals surface area contributed by atoms with Crippen molar-refractivity contribution in [3.05, 3.63) is 43.2 Å². The molecule has 2 aliphatic rings. The molecule has 6 rings (SSSR count). The summed E-state index contributed by atoms with van der Waals surface area (Å²) in [5.74, 6) is 1.29. The number of ether oxygens (including phenoxy) is 2. The molecule has 0 radical (unpaired) electrons. The molecule has 0 atom stereocenters. The Hall–Kier alpha value is -3.66. The second-order valence-corrected chi connectivity index (χ2v) is 7.66. The van der Waals surface area contributed by atoms with Crippen molar-refractivity contribution in [1.82, 2.24) is 29.1 Å². The molecule has 10 heteroatoms. The molecule has 158 valence electrons. The van der Waals surface area contributed by atoms with Crippen molar-refractivity contribution in [2.45, 2.75) is 18.9 Å². The van der Waals surface area contributed by atoms with Crippen molar-refractivity contribution in [2.24, 2.45) is 0 Å². The van der Waals surface area contributed by atoms with E-state index in [2.05, 4.69) is 25.7 Å². The molecule has 0 aromatic carbocycles. The lowest BCUT2D eigenvalue weighted by Gasteiger charge is -2.22. The first kappa shape index (κ1) is 18.1. The molecule has 2 aliphatic heterocycles. The highest BCUT2D eigenvalue weighted by molar-refractivity contribution is 5.74. The predicted molar refractivity (Wildman–Crippen MR) is 115 cm³/mol. The zero-order valence-electron chi connectivity index (χ0n) is 16.9. The molecule has 10 nitrogen and oxygen atoms in total. The van der Waals surface area contributed by atoms with Crippen LogP contribution >= 0.6 is 0 Å². The number of rotatable bonds is 4.